The van der Waals surface area contributed by atoms with Crippen LogP contribution in [-0.4, -0.2) is 20.2 Å². The third-order valence-electron chi connectivity index (χ3n) is 2.93. The molecule has 100 valence electrons. The van der Waals surface area contributed by atoms with Crippen molar-refractivity contribution in [3.05, 3.63) is 66.1 Å². The lowest BCUT2D eigenvalue weighted by molar-refractivity contribution is 0.865. The summed E-state index contributed by atoms with van der Waals surface area (Å²) in [6.07, 6.45) is 3.51. The van der Waals surface area contributed by atoms with E-state index in [0.29, 0.717) is 5.95 Å². The standard InChI is InChI=1S/C15H15N5/c1-2-6-12(7-3-1)9-10-14-18-15(20-19-14)17-13-8-4-5-11-16-13/h1-8,11H,9-10H2,(H2,16,17,18,19,20). The fourth-order valence-corrected chi connectivity index (χ4v) is 1.92. The zero-order valence-electron chi connectivity index (χ0n) is 11.0. The smallest absolute Gasteiger partial charge is 0.247 e. The van der Waals surface area contributed by atoms with Gasteiger partial charge in [-0.2, -0.15) is 4.98 Å². The maximum atomic E-state index is 4.40. The predicted molar refractivity (Wildman–Crippen MR) is 77.8 cm³/mol. The molecule has 0 fully saturated rings. The molecule has 0 spiro atoms. The van der Waals surface area contributed by atoms with Crippen LogP contribution in [0.25, 0.3) is 0 Å². The number of anilines is 2. The van der Waals surface area contributed by atoms with Gasteiger partial charge in [-0.15, -0.1) is 5.10 Å². The molecule has 0 unspecified atom stereocenters. The van der Waals surface area contributed by atoms with Gasteiger partial charge in [0.05, 0.1) is 0 Å². The minimum atomic E-state index is 0.548. The number of rotatable bonds is 5. The van der Waals surface area contributed by atoms with E-state index in [2.05, 4.69) is 37.6 Å². The van der Waals surface area contributed by atoms with Crippen LogP contribution in [0.15, 0.2) is 54.7 Å². The summed E-state index contributed by atoms with van der Waals surface area (Å²) in [5.41, 5.74) is 1.29. The molecular formula is C15H15N5. The van der Waals surface area contributed by atoms with Gasteiger partial charge >= 0.3 is 0 Å². The Morgan fingerprint density at radius 2 is 1.80 bits per heavy atom. The van der Waals surface area contributed by atoms with Crippen LogP contribution in [0, 0.1) is 0 Å². The minimum Gasteiger partial charge on any atom is -0.307 e. The Bertz CT molecular complexity index is 648. The second kappa shape index (κ2) is 5.97. The molecule has 0 amide bonds. The van der Waals surface area contributed by atoms with Crippen molar-refractivity contribution in [2.75, 3.05) is 5.32 Å². The summed E-state index contributed by atoms with van der Waals surface area (Å²) in [6.45, 7) is 0. The average molecular weight is 265 g/mol. The van der Waals surface area contributed by atoms with E-state index in [1.807, 2.05) is 36.4 Å². The maximum absolute atomic E-state index is 4.40. The first kappa shape index (κ1) is 12.3. The van der Waals surface area contributed by atoms with Crippen LogP contribution in [0.1, 0.15) is 11.4 Å². The molecule has 0 radical (unpaired) electrons. The van der Waals surface area contributed by atoms with Gasteiger partial charge in [-0.25, -0.2) is 4.98 Å². The van der Waals surface area contributed by atoms with E-state index in [9.17, 15) is 0 Å². The summed E-state index contributed by atoms with van der Waals surface area (Å²) < 4.78 is 0. The highest BCUT2D eigenvalue weighted by molar-refractivity contribution is 5.46. The lowest BCUT2D eigenvalue weighted by atomic mass is 10.1. The zero-order valence-corrected chi connectivity index (χ0v) is 11.0. The van der Waals surface area contributed by atoms with Gasteiger partial charge in [-0.05, 0) is 24.1 Å². The molecule has 0 aliphatic rings. The van der Waals surface area contributed by atoms with Crippen LogP contribution in [0.5, 0.6) is 0 Å². The molecule has 0 bridgehead atoms. The lowest BCUT2D eigenvalue weighted by Gasteiger charge is -1.99. The van der Waals surface area contributed by atoms with Gasteiger partial charge in [0.2, 0.25) is 5.95 Å². The molecule has 20 heavy (non-hydrogen) atoms. The number of pyridine rings is 1. The monoisotopic (exact) mass is 265 g/mol. The largest absolute Gasteiger partial charge is 0.307 e. The number of hydrogen-bond donors (Lipinski definition) is 2. The van der Waals surface area contributed by atoms with Crippen molar-refractivity contribution in [2.45, 2.75) is 12.8 Å². The van der Waals surface area contributed by atoms with Gasteiger partial charge in [-0.3, -0.25) is 5.10 Å². The van der Waals surface area contributed by atoms with Crippen LogP contribution < -0.4 is 5.32 Å². The summed E-state index contributed by atoms with van der Waals surface area (Å²) in [7, 11) is 0. The lowest BCUT2D eigenvalue weighted by Crippen LogP contribution is -1.95. The van der Waals surface area contributed by atoms with Crippen LogP contribution in [-0.2, 0) is 12.8 Å². The van der Waals surface area contributed by atoms with Gasteiger partial charge in [0.25, 0.3) is 0 Å². The third-order valence-corrected chi connectivity index (χ3v) is 2.93. The molecular weight excluding hydrogens is 250 g/mol. The third kappa shape index (κ3) is 3.20. The highest BCUT2D eigenvalue weighted by atomic mass is 15.3. The molecule has 2 heterocycles. The van der Waals surface area contributed by atoms with E-state index >= 15 is 0 Å². The zero-order chi connectivity index (χ0) is 13.6. The van der Waals surface area contributed by atoms with Crippen molar-refractivity contribution >= 4 is 11.8 Å². The molecule has 0 aliphatic carbocycles. The number of nitrogens with one attached hydrogen (secondary N) is 2. The Morgan fingerprint density at radius 1 is 0.950 bits per heavy atom. The van der Waals surface area contributed by atoms with Crippen molar-refractivity contribution in [3.63, 3.8) is 0 Å². The summed E-state index contributed by atoms with van der Waals surface area (Å²) in [6, 6.07) is 16.0. The van der Waals surface area contributed by atoms with Crippen molar-refractivity contribution in [2.24, 2.45) is 0 Å². The first-order chi connectivity index (χ1) is 9.90. The summed E-state index contributed by atoms with van der Waals surface area (Å²) >= 11 is 0. The quantitative estimate of drug-likeness (QED) is 0.744. The molecule has 5 heteroatoms. The Kier molecular flexibility index (Phi) is 3.68. The molecule has 0 aliphatic heterocycles. The molecule has 1 aromatic carbocycles. The van der Waals surface area contributed by atoms with E-state index in [0.717, 1.165) is 24.5 Å². The first-order valence-electron chi connectivity index (χ1n) is 6.53. The van der Waals surface area contributed by atoms with Crippen molar-refractivity contribution in [3.8, 4) is 0 Å². The van der Waals surface area contributed by atoms with Gasteiger partial charge in [0.15, 0.2) is 0 Å². The molecule has 0 saturated carbocycles. The SMILES string of the molecule is c1ccc(CCc2nc(Nc3ccccn3)n[nH]2)cc1. The fraction of sp³-hybridized carbons (Fsp3) is 0.133. The maximum Gasteiger partial charge on any atom is 0.247 e. The number of nitrogens with zero attached hydrogens (tertiary/aromatic N) is 3. The van der Waals surface area contributed by atoms with Crippen LogP contribution in [0.3, 0.4) is 0 Å². The van der Waals surface area contributed by atoms with Crippen LogP contribution in [0.4, 0.5) is 11.8 Å². The Labute approximate surface area is 117 Å². The fourth-order valence-electron chi connectivity index (χ4n) is 1.92. The van der Waals surface area contributed by atoms with Gasteiger partial charge in [-0.1, -0.05) is 36.4 Å². The number of aromatic amines is 1. The van der Waals surface area contributed by atoms with E-state index in [1.165, 1.54) is 5.56 Å². The molecule has 5 nitrogen and oxygen atoms in total. The first-order valence-corrected chi connectivity index (χ1v) is 6.53. The summed E-state index contributed by atoms with van der Waals surface area (Å²) in [4.78, 5) is 8.57. The number of benzene rings is 1. The average Bonchev–Trinajstić information content (AvgIpc) is 2.95. The van der Waals surface area contributed by atoms with E-state index < -0.39 is 0 Å². The molecule has 3 aromatic rings. The molecule has 0 saturated heterocycles. The highest BCUT2D eigenvalue weighted by Crippen LogP contribution is 2.09. The molecule has 3 rings (SSSR count). The highest BCUT2D eigenvalue weighted by Gasteiger charge is 2.04. The van der Waals surface area contributed by atoms with E-state index in [1.54, 1.807) is 6.20 Å². The van der Waals surface area contributed by atoms with E-state index in [-0.39, 0.29) is 0 Å². The van der Waals surface area contributed by atoms with Gasteiger partial charge < -0.3 is 5.32 Å². The number of H-pyrrole nitrogens is 1. The predicted octanol–water partition coefficient (Wildman–Crippen LogP) is 2.73. The number of hydrogen-bond acceptors (Lipinski definition) is 4. The van der Waals surface area contributed by atoms with E-state index in [4.69, 9.17) is 0 Å². The van der Waals surface area contributed by atoms with Crippen LogP contribution >= 0.6 is 0 Å². The summed E-state index contributed by atoms with van der Waals surface area (Å²) in [5, 5.41) is 10.1. The second-order valence-corrected chi connectivity index (χ2v) is 4.43. The molecule has 2 aromatic heterocycles. The Hall–Kier alpha value is -2.69. The Morgan fingerprint density at radius 3 is 2.60 bits per heavy atom. The van der Waals surface area contributed by atoms with Crippen molar-refractivity contribution in [1.82, 2.24) is 20.2 Å². The van der Waals surface area contributed by atoms with Crippen molar-refractivity contribution in [1.29, 1.82) is 0 Å². The Balaban J connectivity index is 1.60. The van der Waals surface area contributed by atoms with Crippen LogP contribution in [0.2, 0.25) is 0 Å². The van der Waals surface area contributed by atoms with Crippen molar-refractivity contribution < 1.29 is 0 Å². The van der Waals surface area contributed by atoms with Gasteiger partial charge in [0, 0.05) is 12.6 Å². The minimum absolute atomic E-state index is 0.548. The number of aromatic nitrogens is 4. The number of aryl methyl sites for hydroxylation is 2. The topological polar surface area (TPSA) is 66.5 Å². The second-order valence-electron chi connectivity index (χ2n) is 4.43. The molecule has 2 N–H and O–H groups in total. The molecule has 0 atom stereocenters. The normalized spacial score (nSPS) is 10.4. The summed E-state index contributed by atoms with van der Waals surface area (Å²) in [5.74, 6) is 2.15. The van der Waals surface area contributed by atoms with Gasteiger partial charge in [0.1, 0.15) is 11.6 Å².